The number of oxazole rings is 1. The van der Waals surface area contributed by atoms with Gasteiger partial charge in [0, 0.05) is 19.2 Å². The number of hydrogen-bond acceptors (Lipinski definition) is 8. The van der Waals surface area contributed by atoms with E-state index in [-0.39, 0.29) is 17.3 Å². The lowest BCUT2D eigenvalue weighted by atomic mass is 10.3. The minimum absolute atomic E-state index is 0.0274. The number of hydrogen-bond donors (Lipinski definition) is 0. The zero-order chi connectivity index (χ0) is 21.3. The van der Waals surface area contributed by atoms with Crippen LogP contribution >= 0.6 is 11.3 Å². The summed E-state index contributed by atoms with van der Waals surface area (Å²) in [4.78, 5) is 16.1. The van der Waals surface area contributed by atoms with Crippen molar-refractivity contribution in [1.29, 1.82) is 0 Å². The number of sulfonamides is 1. The Morgan fingerprint density at radius 1 is 1.30 bits per heavy atom. The molecule has 1 aromatic carbocycles. The van der Waals surface area contributed by atoms with Crippen LogP contribution in [0, 0.1) is 17.0 Å². The highest BCUT2D eigenvalue weighted by Gasteiger charge is 2.30. The maximum Gasteiger partial charge on any atom is 0.312 e. The van der Waals surface area contributed by atoms with E-state index < -0.39 is 20.6 Å². The third-order valence-electron chi connectivity index (χ3n) is 4.82. The predicted molar refractivity (Wildman–Crippen MR) is 110 cm³/mol. The Morgan fingerprint density at radius 3 is 2.73 bits per heavy atom. The molecule has 0 amide bonds. The van der Waals surface area contributed by atoms with Crippen LogP contribution in [0.4, 0.5) is 5.69 Å². The third-order valence-corrected chi connectivity index (χ3v) is 7.57. The molecular formula is C19H19N3O6S2. The summed E-state index contributed by atoms with van der Waals surface area (Å²) < 4.78 is 38.0. The van der Waals surface area contributed by atoms with Crippen LogP contribution in [0.3, 0.4) is 0 Å². The first-order valence-electron chi connectivity index (χ1n) is 9.28. The lowest BCUT2D eigenvalue weighted by Crippen LogP contribution is -2.27. The molecule has 1 fully saturated rings. The fourth-order valence-electron chi connectivity index (χ4n) is 3.21. The maximum atomic E-state index is 12.7. The summed E-state index contributed by atoms with van der Waals surface area (Å²) >= 11 is 1.49. The summed E-state index contributed by atoms with van der Waals surface area (Å²) in [5.41, 5.74) is 0.108. The largest absolute Gasteiger partial charge is 0.480 e. The van der Waals surface area contributed by atoms with Gasteiger partial charge >= 0.3 is 5.69 Å². The summed E-state index contributed by atoms with van der Waals surface area (Å²) in [5.74, 6) is 0.984. The van der Waals surface area contributed by atoms with Crippen LogP contribution in [-0.2, 0) is 16.6 Å². The first-order valence-corrected chi connectivity index (χ1v) is 11.6. The van der Waals surface area contributed by atoms with Crippen molar-refractivity contribution in [3.63, 3.8) is 0 Å². The van der Waals surface area contributed by atoms with E-state index in [0.29, 0.717) is 30.4 Å². The molecule has 0 saturated carbocycles. The zero-order valence-electron chi connectivity index (χ0n) is 16.1. The SMILES string of the molecule is Cc1oc(-c2cccs2)nc1COc1ccc(S(=O)(=O)N2CCCC2)cc1[N+](=O)[O-]. The molecule has 1 aliphatic heterocycles. The highest BCUT2D eigenvalue weighted by molar-refractivity contribution is 7.89. The van der Waals surface area contributed by atoms with Crippen molar-refractivity contribution in [2.45, 2.75) is 31.3 Å². The zero-order valence-corrected chi connectivity index (χ0v) is 17.7. The second kappa shape index (κ2) is 8.17. The fraction of sp³-hybridized carbons (Fsp3) is 0.316. The molecule has 0 bridgehead atoms. The van der Waals surface area contributed by atoms with Crippen molar-refractivity contribution in [2.24, 2.45) is 0 Å². The highest BCUT2D eigenvalue weighted by atomic mass is 32.2. The second-order valence-electron chi connectivity index (χ2n) is 6.79. The maximum absolute atomic E-state index is 12.7. The van der Waals surface area contributed by atoms with Crippen LogP contribution in [0.25, 0.3) is 10.8 Å². The fourth-order valence-corrected chi connectivity index (χ4v) is 5.40. The number of aryl methyl sites for hydroxylation is 1. The van der Waals surface area contributed by atoms with Gasteiger partial charge in [0.2, 0.25) is 15.9 Å². The van der Waals surface area contributed by atoms with Gasteiger partial charge in [0.1, 0.15) is 18.1 Å². The molecule has 1 aliphatic rings. The van der Waals surface area contributed by atoms with Crippen LogP contribution in [0.2, 0.25) is 0 Å². The average molecular weight is 450 g/mol. The van der Waals surface area contributed by atoms with Gasteiger partial charge < -0.3 is 9.15 Å². The van der Waals surface area contributed by atoms with E-state index in [0.717, 1.165) is 23.8 Å². The van der Waals surface area contributed by atoms with Gasteiger partial charge in [0.25, 0.3) is 0 Å². The molecule has 0 atom stereocenters. The molecule has 4 rings (SSSR count). The van der Waals surface area contributed by atoms with Crippen molar-refractivity contribution < 1.29 is 22.5 Å². The molecule has 2 aromatic heterocycles. The monoisotopic (exact) mass is 449 g/mol. The molecule has 30 heavy (non-hydrogen) atoms. The summed E-state index contributed by atoms with van der Waals surface area (Å²) in [6.45, 7) is 2.54. The van der Waals surface area contributed by atoms with Crippen molar-refractivity contribution in [3.05, 3.63) is 57.3 Å². The minimum Gasteiger partial charge on any atom is -0.480 e. The van der Waals surface area contributed by atoms with Gasteiger partial charge in [-0.25, -0.2) is 13.4 Å². The summed E-state index contributed by atoms with van der Waals surface area (Å²) in [7, 11) is -3.76. The van der Waals surface area contributed by atoms with E-state index >= 15 is 0 Å². The Hall–Kier alpha value is -2.76. The van der Waals surface area contributed by atoms with Gasteiger partial charge in [0.15, 0.2) is 5.75 Å². The lowest BCUT2D eigenvalue weighted by molar-refractivity contribution is -0.386. The van der Waals surface area contributed by atoms with Crippen molar-refractivity contribution in [3.8, 4) is 16.5 Å². The predicted octanol–water partition coefficient (Wildman–Crippen LogP) is 3.98. The molecule has 0 radical (unpaired) electrons. The average Bonchev–Trinajstić information content (AvgIpc) is 3.47. The highest BCUT2D eigenvalue weighted by Crippen LogP contribution is 2.33. The van der Waals surface area contributed by atoms with Crippen molar-refractivity contribution >= 4 is 27.0 Å². The van der Waals surface area contributed by atoms with Crippen LogP contribution < -0.4 is 4.74 Å². The molecule has 3 heterocycles. The summed E-state index contributed by atoms with van der Waals surface area (Å²) in [5, 5.41) is 13.5. The molecule has 0 unspecified atom stereocenters. The molecule has 0 N–H and O–H groups in total. The van der Waals surface area contributed by atoms with Gasteiger partial charge in [-0.2, -0.15) is 4.31 Å². The molecule has 158 valence electrons. The van der Waals surface area contributed by atoms with E-state index in [1.807, 2.05) is 17.5 Å². The number of thiophene rings is 1. The van der Waals surface area contributed by atoms with Gasteiger partial charge in [0.05, 0.1) is 14.7 Å². The Bertz CT molecular complexity index is 1170. The normalized spacial score (nSPS) is 14.8. The smallest absolute Gasteiger partial charge is 0.312 e. The Balaban J connectivity index is 1.57. The van der Waals surface area contributed by atoms with E-state index in [4.69, 9.17) is 9.15 Å². The van der Waals surface area contributed by atoms with Crippen molar-refractivity contribution in [1.82, 2.24) is 9.29 Å². The quantitative estimate of drug-likeness (QED) is 0.396. The number of nitro groups is 1. The third kappa shape index (κ3) is 3.95. The number of rotatable bonds is 7. The Morgan fingerprint density at radius 2 is 2.07 bits per heavy atom. The number of nitro benzene ring substituents is 1. The van der Waals surface area contributed by atoms with E-state index in [1.54, 1.807) is 6.92 Å². The molecule has 3 aromatic rings. The molecule has 9 nitrogen and oxygen atoms in total. The number of benzene rings is 1. The van der Waals surface area contributed by atoms with Gasteiger partial charge in [-0.1, -0.05) is 6.07 Å². The summed E-state index contributed by atoms with van der Waals surface area (Å²) in [6.07, 6.45) is 1.57. The number of aromatic nitrogens is 1. The molecular weight excluding hydrogens is 430 g/mol. The molecule has 0 spiro atoms. The molecule has 11 heteroatoms. The topological polar surface area (TPSA) is 116 Å². The molecule has 0 aliphatic carbocycles. The summed E-state index contributed by atoms with van der Waals surface area (Å²) in [6, 6.07) is 7.47. The van der Waals surface area contributed by atoms with Gasteiger partial charge in [-0.05, 0) is 43.3 Å². The van der Waals surface area contributed by atoms with Crippen LogP contribution in [0.15, 0.2) is 45.0 Å². The second-order valence-corrected chi connectivity index (χ2v) is 9.67. The van der Waals surface area contributed by atoms with Crippen LogP contribution in [-0.4, -0.2) is 35.7 Å². The van der Waals surface area contributed by atoms with E-state index in [2.05, 4.69) is 4.98 Å². The Kier molecular flexibility index (Phi) is 5.58. The van der Waals surface area contributed by atoms with Crippen LogP contribution in [0.5, 0.6) is 5.75 Å². The number of ether oxygens (including phenoxy) is 1. The van der Waals surface area contributed by atoms with Gasteiger partial charge in [-0.3, -0.25) is 10.1 Å². The minimum atomic E-state index is -3.76. The van der Waals surface area contributed by atoms with Crippen molar-refractivity contribution in [2.75, 3.05) is 13.1 Å². The van der Waals surface area contributed by atoms with E-state index in [9.17, 15) is 18.5 Å². The van der Waals surface area contributed by atoms with E-state index in [1.165, 1.54) is 27.8 Å². The Labute approximate surface area is 177 Å². The lowest BCUT2D eigenvalue weighted by Gasteiger charge is -2.15. The van der Waals surface area contributed by atoms with Crippen LogP contribution in [0.1, 0.15) is 24.3 Å². The van der Waals surface area contributed by atoms with Gasteiger partial charge in [-0.15, -0.1) is 11.3 Å². The first kappa shape index (κ1) is 20.5. The first-order chi connectivity index (χ1) is 14.4. The standard InChI is InChI=1S/C19H19N3O6S2/c1-13-15(20-19(28-13)18-5-4-10-29-18)12-27-17-7-6-14(11-16(17)22(23)24)30(25,26)21-8-2-3-9-21/h4-7,10-11H,2-3,8-9,12H2,1H3. The molecule has 1 saturated heterocycles. The number of nitrogens with zero attached hydrogens (tertiary/aromatic N) is 3.